The van der Waals surface area contributed by atoms with Crippen LogP contribution in [0.3, 0.4) is 0 Å². The van der Waals surface area contributed by atoms with Crippen LogP contribution in [0.15, 0.2) is 24.4 Å². The molecule has 1 aromatic heterocycles. The van der Waals surface area contributed by atoms with Gasteiger partial charge < -0.3 is 11.1 Å². The number of aromatic nitrogens is 3. The summed E-state index contributed by atoms with van der Waals surface area (Å²) in [6, 6.07) is 5.77. The summed E-state index contributed by atoms with van der Waals surface area (Å²) < 4.78 is 1.51. The first-order valence-corrected chi connectivity index (χ1v) is 7.03. The standard InChI is InChI=1S/C15H21N5O/c1-4-12(16)13-8-20(19-18-13)9-14(21)17-15-10(2)6-5-7-11(15)3/h5-8,12H,4,9,16H2,1-3H3,(H,17,21). The molecule has 2 rings (SSSR count). The van der Waals surface area contributed by atoms with Crippen LogP contribution in [0.4, 0.5) is 5.69 Å². The summed E-state index contributed by atoms with van der Waals surface area (Å²) in [5, 5.41) is 10.8. The minimum atomic E-state index is -0.138. The number of amides is 1. The number of hydrogen-bond acceptors (Lipinski definition) is 4. The zero-order valence-corrected chi connectivity index (χ0v) is 12.6. The zero-order chi connectivity index (χ0) is 15.4. The topological polar surface area (TPSA) is 85.8 Å². The molecule has 21 heavy (non-hydrogen) atoms. The van der Waals surface area contributed by atoms with Crippen molar-refractivity contribution in [2.45, 2.75) is 39.8 Å². The van der Waals surface area contributed by atoms with Crippen LogP contribution < -0.4 is 11.1 Å². The monoisotopic (exact) mass is 287 g/mol. The van der Waals surface area contributed by atoms with Gasteiger partial charge in [-0.15, -0.1) is 5.10 Å². The quantitative estimate of drug-likeness (QED) is 0.880. The van der Waals surface area contributed by atoms with Crippen LogP contribution in [0.25, 0.3) is 0 Å². The Hall–Kier alpha value is -2.21. The Labute approximate surface area is 124 Å². The lowest BCUT2D eigenvalue weighted by molar-refractivity contribution is -0.116. The molecule has 1 atom stereocenters. The van der Waals surface area contributed by atoms with E-state index in [-0.39, 0.29) is 18.5 Å². The molecular formula is C15H21N5O. The molecule has 0 aliphatic carbocycles. The van der Waals surface area contributed by atoms with Crippen molar-refractivity contribution in [3.8, 4) is 0 Å². The van der Waals surface area contributed by atoms with Gasteiger partial charge in [0.05, 0.1) is 17.9 Å². The van der Waals surface area contributed by atoms with E-state index in [4.69, 9.17) is 5.73 Å². The van der Waals surface area contributed by atoms with Crippen molar-refractivity contribution in [1.29, 1.82) is 0 Å². The third-order valence-electron chi connectivity index (χ3n) is 3.43. The Balaban J connectivity index is 2.03. The average Bonchev–Trinajstić information content (AvgIpc) is 2.90. The molecule has 0 radical (unpaired) electrons. The molecule has 0 saturated heterocycles. The minimum absolute atomic E-state index is 0.122. The number of aryl methyl sites for hydroxylation is 2. The SMILES string of the molecule is CCC(N)c1cn(CC(=O)Nc2c(C)cccc2C)nn1. The van der Waals surface area contributed by atoms with E-state index in [1.54, 1.807) is 6.20 Å². The van der Waals surface area contributed by atoms with Gasteiger partial charge in [0.2, 0.25) is 5.91 Å². The highest BCUT2D eigenvalue weighted by atomic mass is 16.2. The minimum Gasteiger partial charge on any atom is -0.324 e. The van der Waals surface area contributed by atoms with Gasteiger partial charge in [0.15, 0.2) is 0 Å². The summed E-state index contributed by atoms with van der Waals surface area (Å²) >= 11 is 0. The molecule has 112 valence electrons. The average molecular weight is 287 g/mol. The Kier molecular flexibility index (Phi) is 4.70. The molecule has 2 aromatic rings. The third kappa shape index (κ3) is 3.66. The summed E-state index contributed by atoms with van der Waals surface area (Å²) in [6.07, 6.45) is 2.51. The first-order valence-electron chi connectivity index (χ1n) is 7.03. The number of nitrogens with two attached hydrogens (primary N) is 1. The molecule has 0 aliphatic heterocycles. The van der Waals surface area contributed by atoms with Crippen molar-refractivity contribution in [1.82, 2.24) is 15.0 Å². The fourth-order valence-corrected chi connectivity index (χ4v) is 2.11. The molecular weight excluding hydrogens is 266 g/mol. The van der Waals surface area contributed by atoms with Gasteiger partial charge in [-0.25, -0.2) is 4.68 Å². The maximum Gasteiger partial charge on any atom is 0.246 e. The molecule has 1 aromatic carbocycles. The van der Waals surface area contributed by atoms with Gasteiger partial charge in [-0.2, -0.15) is 0 Å². The molecule has 1 unspecified atom stereocenters. The van der Waals surface area contributed by atoms with Crippen molar-refractivity contribution < 1.29 is 4.79 Å². The highest BCUT2D eigenvalue weighted by Crippen LogP contribution is 2.19. The van der Waals surface area contributed by atoms with Crippen molar-refractivity contribution >= 4 is 11.6 Å². The second kappa shape index (κ2) is 6.49. The van der Waals surface area contributed by atoms with Gasteiger partial charge in [0, 0.05) is 5.69 Å². The number of benzene rings is 1. The Morgan fingerprint density at radius 3 is 2.67 bits per heavy atom. The molecule has 6 nitrogen and oxygen atoms in total. The number of anilines is 1. The van der Waals surface area contributed by atoms with Crippen molar-refractivity contribution in [2.75, 3.05) is 5.32 Å². The molecule has 3 N–H and O–H groups in total. The van der Waals surface area contributed by atoms with Crippen LogP contribution in [0, 0.1) is 13.8 Å². The van der Waals surface area contributed by atoms with Gasteiger partial charge in [0.25, 0.3) is 0 Å². The van der Waals surface area contributed by atoms with Crippen LogP contribution in [-0.4, -0.2) is 20.9 Å². The highest BCUT2D eigenvalue weighted by Gasteiger charge is 2.12. The number of hydrogen-bond donors (Lipinski definition) is 2. The van der Waals surface area contributed by atoms with E-state index in [0.29, 0.717) is 5.69 Å². The highest BCUT2D eigenvalue weighted by molar-refractivity contribution is 5.92. The Morgan fingerprint density at radius 1 is 1.38 bits per heavy atom. The Morgan fingerprint density at radius 2 is 2.05 bits per heavy atom. The fraction of sp³-hybridized carbons (Fsp3) is 0.400. The number of carbonyl (C=O) groups is 1. The van der Waals surface area contributed by atoms with E-state index in [0.717, 1.165) is 23.2 Å². The van der Waals surface area contributed by atoms with Crippen molar-refractivity contribution in [3.63, 3.8) is 0 Å². The van der Waals surface area contributed by atoms with Crippen LogP contribution >= 0.6 is 0 Å². The molecule has 6 heteroatoms. The summed E-state index contributed by atoms with van der Waals surface area (Å²) in [7, 11) is 0. The molecule has 1 amide bonds. The largest absolute Gasteiger partial charge is 0.324 e. The lowest BCUT2D eigenvalue weighted by Crippen LogP contribution is -2.20. The van der Waals surface area contributed by atoms with Crippen LogP contribution in [0.5, 0.6) is 0 Å². The Bertz CT molecular complexity index is 614. The smallest absolute Gasteiger partial charge is 0.246 e. The number of rotatable bonds is 5. The van der Waals surface area contributed by atoms with E-state index in [2.05, 4.69) is 15.6 Å². The first kappa shape index (κ1) is 15.2. The van der Waals surface area contributed by atoms with Crippen molar-refractivity contribution in [2.24, 2.45) is 5.73 Å². The number of nitrogens with one attached hydrogen (secondary N) is 1. The maximum atomic E-state index is 12.1. The predicted molar refractivity (Wildman–Crippen MR) is 81.8 cm³/mol. The third-order valence-corrected chi connectivity index (χ3v) is 3.43. The van der Waals surface area contributed by atoms with E-state index in [9.17, 15) is 4.79 Å². The van der Waals surface area contributed by atoms with E-state index in [1.165, 1.54) is 4.68 Å². The maximum absolute atomic E-state index is 12.1. The number of para-hydroxylation sites is 1. The van der Waals surface area contributed by atoms with Crippen molar-refractivity contribution in [3.05, 3.63) is 41.2 Å². The van der Waals surface area contributed by atoms with Gasteiger partial charge >= 0.3 is 0 Å². The second-order valence-electron chi connectivity index (χ2n) is 5.17. The molecule has 0 spiro atoms. The van der Waals surface area contributed by atoms with Gasteiger partial charge in [-0.3, -0.25) is 4.79 Å². The predicted octanol–water partition coefficient (Wildman–Crippen LogP) is 1.94. The van der Waals surface area contributed by atoms with E-state index >= 15 is 0 Å². The summed E-state index contributed by atoms with van der Waals surface area (Å²) in [6.45, 7) is 6.04. The van der Waals surface area contributed by atoms with Gasteiger partial charge in [0.1, 0.15) is 6.54 Å². The second-order valence-corrected chi connectivity index (χ2v) is 5.17. The lowest BCUT2D eigenvalue weighted by atomic mass is 10.1. The molecule has 0 saturated carbocycles. The van der Waals surface area contributed by atoms with Crippen LogP contribution in [-0.2, 0) is 11.3 Å². The molecule has 1 heterocycles. The summed E-state index contributed by atoms with van der Waals surface area (Å²) in [4.78, 5) is 12.1. The number of nitrogens with zero attached hydrogens (tertiary/aromatic N) is 3. The van der Waals surface area contributed by atoms with Crippen LogP contribution in [0.2, 0.25) is 0 Å². The van der Waals surface area contributed by atoms with E-state index in [1.807, 2.05) is 39.0 Å². The molecule has 0 aliphatic rings. The molecule has 0 bridgehead atoms. The lowest BCUT2D eigenvalue weighted by Gasteiger charge is -2.11. The number of carbonyl (C=O) groups excluding carboxylic acids is 1. The summed E-state index contributed by atoms with van der Waals surface area (Å²) in [5.74, 6) is -0.131. The van der Waals surface area contributed by atoms with Crippen LogP contribution in [0.1, 0.15) is 36.2 Å². The zero-order valence-electron chi connectivity index (χ0n) is 12.6. The normalized spacial score (nSPS) is 12.2. The summed E-state index contributed by atoms with van der Waals surface area (Å²) in [5.41, 5.74) is 9.52. The van der Waals surface area contributed by atoms with Gasteiger partial charge in [-0.05, 0) is 31.4 Å². The fourth-order valence-electron chi connectivity index (χ4n) is 2.11. The first-order chi connectivity index (χ1) is 10.0. The molecule has 0 fully saturated rings. The van der Waals surface area contributed by atoms with E-state index < -0.39 is 0 Å². The van der Waals surface area contributed by atoms with Gasteiger partial charge in [-0.1, -0.05) is 30.3 Å².